The van der Waals surface area contributed by atoms with Gasteiger partial charge in [-0.1, -0.05) is 17.7 Å². The minimum atomic E-state index is -0.0228. The molecule has 0 bridgehead atoms. The van der Waals surface area contributed by atoms with Crippen LogP contribution in [0.5, 0.6) is 5.75 Å². The molecule has 3 nitrogen and oxygen atoms in total. The van der Waals surface area contributed by atoms with E-state index in [1.165, 1.54) is 5.56 Å². The third-order valence-electron chi connectivity index (χ3n) is 2.64. The van der Waals surface area contributed by atoms with Crippen LogP contribution in [0.25, 0.3) is 0 Å². The first-order valence-corrected chi connectivity index (χ1v) is 5.79. The SMILES string of the molecule is Cc1ccc(OC2CN(C(=O)CCl)C2)cc1. The second-order valence-electron chi connectivity index (χ2n) is 3.99. The van der Waals surface area contributed by atoms with E-state index in [0.717, 1.165) is 5.75 Å². The number of benzene rings is 1. The van der Waals surface area contributed by atoms with Gasteiger partial charge in [-0.25, -0.2) is 0 Å². The van der Waals surface area contributed by atoms with Crippen LogP contribution in [-0.2, 0) is 4.79 Å². The molecular formula is C12H14ClNO2. The van der Waals surface area contributed by atoms with Crippen LogP contribution >= 0.6 is 11.6 Å². The molecule has 2 rings (SSSR count). The number of carbonyl (C=O) groups is 1. The van der Waals surface area contributed by atoms with Crippen LogP contribution in [0.1, 0.15) is 5.56 Å². The summed E-state index contributed by atoms with van der Waals surface area (Å²) < 4.78 is 5.69. The van der Waals surface area contributed by atoms with E-state index in [4.69, 9.17) is 16.3 Å². The van der Waals surface area contributed by atoms with Gasteiger partial charge in [0.05, 0.1) is 13.1 Å². The fraction of sp³-hybridized carbons (Fsp3) is 0.417. The molecule has 1 fully saturated rings. The monoisotopic (exact) mass is 239 g/mol. The van der Waals surface area contributed by atoms with Crippen molar-refractivity contribution in [2.24, 2.45) is 0 Å². The van der Waals surface area contributed by atoms with Crippen molar-refractivity contribution in [3.05, 3.63) is 29.8 Å². The summed E-state index contributed by atoms with van der Waals surface area (Å²) in [7, 11) is 0. The largest absolute Gasteiger partial charge is 0.487 e. The average molecular weight is 240 g/mol. The van der Waals surface area contributed by atoms with Crippen LogP contribution in [0.4, 0.5) is 0 Å². The summed E-state index contributed by atoms with van der Waals surface area (Å²) in [6.45, 7) is 3.31. The molecule has 1 aliphatic rings. The summed E-state index contributed by atoms with van der Waals surface area (Å²) in [6.07, 6.45) is 0.106. The fourth-order valence-electron chi connectivity index (χ4n) is 1.61. The maximum absolute atomic E-state index is 11.2. The Labute approximate surface area is 100.0 Å². The zero-order valence-corrected chi connectivity index (χ0v) is 9.91. The number of amides is 1. The van der Waals surface area contributed by atoms with Gasteiger partial charge in [-0.15, -0.1) is 11.6 Å². The van der Waals surface area contributed by atoms with Crippen LogP contribution in [0.15, 0.2) is 24.3 Å². The number of ether oxygens (including phenoxy) is 1. The van der Waals surface area contributed by atoms with Crippen molar-refractivity contribution in [1.82, 2.24) is 4.90 Å². The molecule has 1 heterocycles. The number of alkyl halides is 1. The predicted octanol–water partition coefficient (Wildman–Crippen LogP) is 1.82. The molecule has 1 aromatic rings. The highest BCUT2D eigenvalue weighted by atomic mass is 35.5. The summed E-state index contributed by atoms with van der Waals surface area (Å²) in [4.78, 5) is 12.9. The number of carbonyl (C=O) groups excluding carboxylic acids is 1. The van der Waals surface area contributed by atoms with Gasteiger partial charge in [-0.3, -0.25) is 4.79 Å². The maximum Gasteiger partial charge on any atom is 0.237 e. The Hall–Kier alpha value is -1.22. The second kappa shape index (κ2) is 4.74. The van der Waals surface area contributed by atoms with Crippen molar-refractivity contribution in [3.8, 4) is 5.75 Å². The highest BCUT2D eigenvalue weighted by Crippen LogP contribution is 2.18. The summed E-state index contributed by atoms with van der Waals surface area (Å²) in [5.41, 5.74) is 1.21. The van der Waals surface area contributed by atoms with Crippen LogP contribution in [-0.4, -0.2) is 35.9 Å². The zero-order chi connectivity index (χ0) is 11.5. The Kier molecular flexibility index (Phi) is 3.34. The van der Waals surface area contributed by atoms with Crippen molar-refractivity contribution >= 4 is 17.5 Å². The van der Waals surface area contributed by atoms with Crippen LogP contribution in [0.3, 0.4) is 0 Å². The molecule has 86 valence electrons. The fourth-order valence-corrected chi connectivity index (χ4v) is 1.78. The van der Waals surface area contributed by atoms with Gasteiger partial charge in [0, 0.05) is 0 Å². The lowest BCUT2D eigenvalue weighted by molar-refractivity contribution is -0.137. The van der Waals surface area contributed by atoms with Crippen molar-refractivity contribution in [1.29, 1.82) is 0 Å². The summed E-state index contributed by atoms with van der Waals surface area (Å²) >= 11 is 5.45. The molecule has 1 aliphatic heterocycles. The van der Waals surface area contributed by atoms with E-state index in [2.05, 4.69) is 0 Å². The highest BCUT2D eigenvalue weighted by molar-refractivity contribution is 6.27. The van der Waals surface area contributed by atoms with Gasteiger partial charge in [-0.05, 0) is 19.1 Å². The first kappa shape index (κ1) is 11.3. The van der Waals surface area contributed by atoms with Gasteiger partial charge in [0.2, 0.25) is 5.91 Å². The second-order valence-corrected chi connectivity index (χ2v) is 4.25. The molecular weight excluding hydrogens is 226 g/mol. The molecule has 16 heavy (non-hydrogen) atoms. The number of hydrogen-bond acceptors (Lipinski definition) is 2. The van der Waals surface area contributed by atoms with Gasteiger partial charge < -0.3 is 9.64 Å². The van der Waals surface area contributed by atoms with Crippen molar-refractivity contribution in [3.63, 3.8) is 0 Å². The zero-order valence-electron chi connectivity index (χ0n) is 9.15. The molecule has 0 spiro atoms. The van der Waals surface area contributed by atoms with E-state index < -0.39 is 0 Å². The molecule has 0 aromatic heterocycles. The van der Waals surface area contributed by atoms with Crippen molar-refractivity contribution in [2.75, 3.05) is 19.0 Å². The number of aryl methyl sites for hydroxylation is 1. The third kappa shape index (κ3) is 2.47. The minimum absolute atomic E-state index is 0.0228. The smallest absolute Gasteiger partial charge is 0.237 e. The standard InChI is InChI=1S/C12H14ClNO2/c1-9-2-4-10(5-3-9)16-11-7-14(8-11)12(15)6-13/h2-5,11H,6-8H2,1H3. The number of hydrogen-bond donors (Lipinski definition) is 0. The Morgan fingerprint density at radius 2 is 2.06 bits per heavy atom. The average Bonchev–Trinajstić information content (AvgIpc) is 2.24. The van der Waals surface area contributed by atoms with Crippen molar-refractivity contribution in [2.45, 2.75) is 13.0 Å². The molecule has 0 aliphatic carbocycles. The molecule has 1 amide bonds. The van der Waals surface area contributed by atoms with E-state index in [1.54, 1.807) is 4.90 Å². The molecule has 4 heteroatoms. The molecule has 0 atom stereocenters. The van der Waals surface area contributed by atoms with Crippen LogP contribution in [0, 0.1) is 6.92 Å². The minimum Gasteiger partial charge on any atom is -0.487 e. The quantitative estimate of drug-likeness (QED) is 0.754. The van der Waals surface area contributed by atoms with Crippen LogP contribution < -0.4 is 4.74 Å². The van der Waals surface area contributed by atoms with E-state index in [0.29, 0.717) is 13.1 Å². The number of nitrogens with zero attached hydrogens (tertiary/aromatic N) is 1. The molecule has 0 saturated carbocycles. The van der Waals surface area contributed by atoms with Gasteiger partial charge in [0.25, 0.3) is 0 Å². The third-order valence-corrected chi connectivity index (χ3v) is 2.87. The Morgan fingerprint density at radius 1 is 1.44 bits per heavy atom. The molecule has 0 N–H and O–H groups in total. The first-order valence-electron chi connectivity index (χ1n) is 5.26. The highest BCUT2D eigenvalue weighted by Gasteiger charge is 2.31. The molecule has 0 unspecified atom stereocenters. The Balaban J connectivity index is 1.81. The van der Waals surface area contributed by atoms with E-state index >= 15 is 0 Å². The summed E-state index contributed by atoms with van der Waals surface area (Å²) in [5, 5.41) is 0. The van der Waals surface area contributed by atoms with E-state index in [1.807, 2.05) is 31.2 Å². The molecule has 1 aromatic carbocycles. The predicted molar refractivity (Wildman–Crippen MR) is 62.9 cm³/mol. The van der Waals surface area contributed by atoms with E-state index in [-0.39, 0.29) is 17.9 Å². The lowest BCUT2D eigenvalue weighted by atomic mass is 10.1. The van der Waals surface area contributed by atoms with Gasteiger partial charge in [-0.2, -0.15) is 0 Å². The normalized spacial score (nSPS) is 15.8. The maximum atomic E-state index is 11.2. The summed E-state index contributed by atoms with van der Waals surface area (Å²) in [5.74, 6) is 0.885. The number of likely N-dealkylation sites (tertiary alicyclic amines) is 1. The van der Waals surface area contributed by atoms with E-state index in [9.17, 15) is 4.79 Å². The number of rotatable bonds is 3. The summed E-state index contributed by atoms with van der Waals surface area (Å²) in [6, 6.07) is 7.91. The van der Waals surface area contributed by atoms with Crippen LogP contribution in [0.2, 0.25) is 0 Å². The molecule has 0 radical (unpaired) electrons. The Bertz CT molecular complexity index is 371. The molecule has 1 saturated heterocycles. The van der Waals surface area contributed by atoms with Gasteiger partial charge in [0.15, 0.2) is 0 Å². The lowest BCUT2D eigenvalue weighted by Crippen LogP contribution is -2.56. The first-order chi connectivity index (χ1) is 7.69. The van der Waals surface area contributed by atoms with Gasteiger partial charge in [0.1, 0.15) is 17.7 Å². The number of halogens is 1. The Morgan fingerprint density at radius 3 is 2.62 bits per heavy atom. The lowest BCUT2D eigenvalue weighted by Gasteiger charge is -2.38. The van der Waals surface area contributed by atoms with Gasteiger partial charge >= 0.3 is 0 Å². The van der Waals surface area contributed by atoms with Crippen molar-refractivity contribution < 1.29 is 9.53 Å². The topological polar surface area (TPSA) is 29.5 Å².